The molecule has 1 aliphatic heterocycles. The van der Waals surface area contributed by atoms with E-state index in [0.29, 0.717) is 18.1 Å². The maximum Gasteiger partial charge on any atom is 0.494 e. The van der Waals surface area contributed by atoms with E-state index < -0.39 is 7.12 Å². The lowest BCUT2D eigenvalue weighted by atomic mass is 9.78. The SMILES string of the molecule is CC1(C)OB(c2ccc(C(N)=[NH+]Cc3ccccc3)c(N)c2)OC1(C)C. The average Bonchev–Trinajstić information content (AvgIpc) is 2.81. The third-order valence-electron chi connectivity index (χ3n) is 5.22. The fraction of sp³-hybridized carbons (Fsp3) is 0.350. The van der Waals surface area contributed by atoms with Crippen molar-refractivity contribution in [2.24, 2.45) is 5.73 Å². The molecule has 0 amide bonds. The van der Waals surface area contributed by atoms with Gasteiger partial charge in [-0.15, -0.1) is 0 Å². The lowest BCUT2D eigenvalue weighted by molar-refractivity contribution is -0.475. The number of anilines is 1. The van der Waals surface area contributed by atoms with Crippen molar-refractivity contribution in [3.63, 3.8) is 0 Å². The van der Waals surface area contributed by atoms with Crippen LogP contribution in [0.25, 0.3) is 0 Å². The summed E-state index contributed by atoms with van der Waals surface area (Å²) in [5.74, 6) is 0.548. The number of benzene rings is 2. The van der Waals surface area contributed by atoms with Gasteiger partial charge in [-0.3, -0.25) is 10.7 Å². The second-order valence-electron chi connectivity index (χ2n) is 7.69. The molecule has 1 saturated heterocycles. The summed E-state index contributed by atoms with van der Waals surface area (Å²) in [5, 5.41) is 0. The molecule has 2 aromatic carbocycles. The molecule has 0 saturated carbocycles. The first-order valence-corrected chi connectivity index (χ1v) is 8.85. The molecule has 0 spiro atoms. The zero-order valence-corrected chi connectivity index (χ0v) is 15.9. The van der Waals surface area contributed by atoms with Crippen molar-refractivity contribution in [3.8, 4) is 0 Å². The Labute approximate surface area is 155 Å². The zero-order valence-electron chi connectivity index (χ0n) is 15.9. The first kappa shape index (κ1) is 18.5. The van der Waals surface area contributed by atoms with E-state index in [1.165, 1.54) is 0 Å². The smallest absolute Gasteiger partial charge is 0.399 e. The van der Waals surface area contributed by atoms with E-state index in [1.54, 1.807) is 0 Å². The van der Waals surface area contributed by atoms with Gasteiger partial charge >= 0.3 is 7.12 Å². The van der Waals surface area contributed by atoms with Gasteiger partial charge in [-0.1, -0.05) is 36.4 Å². The van der Waals surface area contributed by atoms with Gasteiger partial charge in [0.05, 0.1) is 16.8 Å². The third kappa shape index (κ3) is 3.62. The quantitative estimate of drug-likeness (QED) is 0.325. The van der Waals surface area contributed by atoms with Crippen molar-refractivity contribution >= 4 is 24.1 Å². The summed E-state index contributed by atoms with van der Waals surface area (Å²) >= 11 is 0. The van der Waals surface area contributed by atoms with E-state index in [-0.39, 0.29) is 11.2 Å². The van der Waals surface area contributed by atoms with Crippen LogP contribution in [0.2, 0.25) is 0 Å². The Kier molecular flexibility index (Phi) is 4.82. The number of amidine groups is 1. The molecule has 5 nitrogen and oxygen atoms in total. The number of nitrogen functional groups attached to an aromatic ring is 2. The highest BCUT2D eigenvalue weighted by Crippen LogP contribution is 2.36. The Bertz CT molecular complexity index is 803. The third-order valence-corrected chi connectivity index (χ3v) is 5.22. The molecule has 1 heterocycles. The topological polar surface area (TPSA) is 84.5 Å². The average molecular weight is 352 g/mol. The summed E-state index contributed by atoms with van der Waals surface area (Å²) in [7, 11) is -0.435. The molecule has 2 aromatic rings. The largest absolute Gasteiger partial charge is 0.494 e. The molecule has 136 valence electrons. The van der Waals surface area contributed by atoms with Gasteiger partial charge in [-0.2, -0.15) is 0 Å². The molecule has 0 aromatic heterocycles. The maximum atomic E-state index is 6.24. The molecule has 1 fully saturated rings. The minimum Gasteiger partial charge on any atom is -0.399 e. The van der Waals surface area contributed by atoms with Crippen molar-refractivity contribution < 1.29 is 14.3 Å². The van der Waals surface area contributed by atoms with Crippen LogP contribution in [-0.2, 0) is 15.9 Å². The summed E-state index contributed by atoms with van der Waals surface area (Å²) in [6.45, 7) is 8.77. The van der Waals surface area contributed by atoms with Crippen molar-refractivity contribution in [2.45, 2.75) is 45.4 Å². The van der Waals surface area contributed by atoms with Crippen molar-refractivity contribution in [3.05, 3.63) is 59.7 Å². The Balaban J connectivity index is 1.78. The second kappa shape index (κ2) is 6.78. The number of hydrogen-bond acceptors (Lipinski definition) is 3. The van der Waals surface area contributed by atoms with E-state index in [1.807, 2.05) is 76.2 Å². The number of rotatable bonds is 4. The normalized spacial score (nSPS) is 18.9. The van der Waals surface area contributed by atoms with Crippen LogP contribution >= 0.6 is 0 Å². The van der Waals surface area contributed by atoms with Crippen LogP contribution in [0.5, 0.6) is 0 Å². The van der Waals surface area contributed by atoms with Gasteiger partial charge < -0.3 is 15.0 Å². The van der Waals surface area contributed by atoms with Gasteiger partial charge in [0.25, 0.3) is 5.84 Å². The Morgan fingerprint density at radius 2 is 1.62 bits per heavy atom. The molecule has 0 unspecified atom stereocenters. The second-order valence-corrected chi connectivity index (χ2v) is 7.69. The lowest BCUT2D eigenvalue weighted by Gasteiger charge is -2.32. The predicted octanol–water partition coefficient (Wildman–Crippen LogP) is 0.554. The summed E-state index contributed by atoms with van der Waals surface area (Å²) < 4.78 is 12.2. The molecular weight excluding hydrogens is 325 g/mol. The highest BCUT2D eigenvalue weighted by atomic mass is 16.7. The fourth-order valence-electron chi connectivity index (χ4n) is 2.84. The van der Waals surface area contributed by atoms with Crippen LogP contribution in [0.1, 0.15) is 38.8 Å². The molecule has 26 heavy (non-hydrogen) atoms. The van der Waals surface area contributed by atoms with Gasteiger partial charge in [0.15, 0.2) is 0 Å². The van der Waals surface area contributed by atoms with Crippen molar-refractivity contribution in [2.75, 3.05) is 5.73 Å². The maximum absolute atomic E-state index is 6.24. The first-order valence-electron chi connectivity index (χ1n) is 8.85. The zero-order chi connectivity index (χ0) is 18.9. The van der Waals surface area contributed by atoms with Crippen molar-refractivity contribution in [1.82, 2.24) is 0 Å². The molecule has 0 aliphatic carbocycles. The van der Waals surface area contributed by atoms with Crippen LogP contribution in [0.3, 0.4) is 0 Å². The summed E-state index contributed by atoms with van der Waals surface area (Å²) in [5.41, 5.74) is 15.1. The van der Waals surface area contributed by atoms with Gasteiger partial charge in [-0.25, -0.2) is 0 Å². The monoisotopic (exact) mass is 352 g/mol. The van der Waals surface area contributed by atoms with Gasteiger partial charge in [0, 0.05) is 5.69 Å². The molecular formula is C20H27BN3O2+. The lowest BCUT2D eigenvalue weighted by Crippen LogP contribution is -2.74. The fourth-order valence-corrected chi connectivity index (χ4v) is 2.84. The summed E-state index contributed by atoms with van der Waals surface area (Å²) in [6.07, 6.45) is 0. The number of hydrogen-bond donors (Lipinski definition) is 3. The standard InChI is InChI=1S/C20H26BN3O2/c1-19(2)20(3,4)26-21(25-19)15-10-11-16(17(22)12-15)18(23)24-13-14-8-6-5-7-9-14/h5-12H,13,22H2,1-4H3,(H2,23,24)/p+1. The Morgan fingerprint density at radius 3 is 2.19 bits per heavy atom. The Hall–Kier alpha value is -2.31. The molecule has 0 bridgehead atoms. The highest BCUT2D eigenvalue weighted by Gasteiger charge is 2.51. The summed E-state index contributed by atoms with van der Waals surface area (Å²) in [4.78, 5) is 3.22. The van der Waals surface area contributed by atoms with E-state index >= 15 is 0 Å². The van der Waals surface area contributed by atoms with Gasteiger partial charge in [0.2, 0.25) is 0 Å². The molecule has 5 N–H and O–H groups in total. The van der Waals surface area contributed by atoms with E-state index in [2.05, 4.69) is 4.99 Å². The number of nitrogens with two attached hydrogens (primary N) is 2. The van der Waals surface area contributed by atoms with Crippen LogP contribution < -0.4 is 21.9 Å². The number of nitrogens with one attached hydrogen (secondary N) is 1. The van der Waals surface area contributed by atoms with E-state index in [0.717, 1.165) is 16.6 Å². The summed E-state index contributed by atoms with van der Waals surface area (Å²) in [6, 6.07) is 15.8. The van der Waals surface area contributed by atoms with Crippen LogP contribution in [0, 0.1) is 0 Å². The molecule has 0 atom stereocenters. The minimum absolute atomic E-state index is 0.381. The minimum atomic E-state index is -0.435. The van der Waals surface area contributed by atoms with Gasteiger partial charge in [-0.05, 0) is 50.9 Å². The van der Waals surface area contributed by atoms with E-state index in [4.69, 9.17) is 20.8 Å². The predicted molar refractivity (Wildman–Crippen MR) is 106 cm³/mol. The van der Waals surface area contributed by atoms with Crippen LogP contribution in [-0.4, -0.2) is 24.2 Å². The van der Waals surface area contributed by atoms with E-state index in [9.17, 15) is 0 Å². The van der Waals surface area contributed by atoms with Crippen LogP contribution in [0.4, 0.5) is 5.69 Å². The molecule has 6 heteroatoms. The highest BCUT2D eigenvalue weighted by molar-refractivity contribution is 6.62. The van der Waals surface area contributed by atoms with Crippen molar-refractivity contribution in [1.29, 1.82) is 0 Å². The Morgan fingerprint density at radius 1 is 1.00 bits per heavy atom. The molecule has 3 rings (SSSR count). The first-order chi connectivity index (χ1) is 12.2. The molecule has 0 radical (unpaired) electrons. The van der Waals surface area contributed by atoms with Gasteiger partial charge in [0.1, 0.15) is 6.54 Å². The van der Waals surface area contributed by atoms with Crippen LogP contribution in [0.15, 0.2) is 48.5 Å². The molecule has 1 aliphatic rings.